The minimum Gasteiger partial charge on any atom is -0.497 e. The van der Waals surface area contributed by atoms with Crippen molar-refractivity contribution < 1.29 is 18.7 Å². The number of hydrogen-bond donors (Lipinski definition) is 0. The third-order valence-electron chi connectivity index (χ3n) is 4.45. The van der Waals surface area contributed by atoms with Crippen molar-refractivity contribution >= 4 is 17.7 Å². The number of thioether (sulfide) groups is 1. The summed E-state index contributed by atoms with van der Waals surface area (Å²) in [4.78, 5) is 14.4. The summed E-state index contributed by atoms with van der Waals surface area (Å²) >= 11 is 1.27. The summed E-state index contributed by atoms with van der Waals surface area (Å²) in [7, 11) is 3.17. The highest BCUT2D eigenvalue weighted by atomic mass is 32.2. The number of nitrogens with zero attached hydrogens (tertiary/aromatic N) is 3. The van der Waals surface area contributed by atoms with E-state index in [2.05, 4.69) is 17.1 Å². The third kappa shape index (κ3) is 4.30. The van der Waals surface area contributed by atoms with Gasteiger partial charge < -0.3 is 18.8 Å². The molecule has 2 aromatic rings. The van der Waals surface area contributed by atoms with Crippen LogP contribution in [-0.2, 0) is 4.79 Å². The fourth-order valence-corrected chi connectivity index (χ4v) is 3.64. The molecule has 1 aliphatic rings. The topological polar surface area (TPSA) is 77.7 Å². The van der Waals surface area contributed by atoms with Crippen molar-refractivity contribution in [2.24, 2.45) is 0 Å². The first kappa shape index (κ1) is 18.6. The molecule has 26 heavy (non-hydrogen) atoms. The van der Waals surface area contributed by atoms with Crippen LogP contribution in [0.5, 0.6) is 11.5 Å². The van der Waals surface area contributed by atoms with Crippen molar-refractivity contribution in [2.75, 3.05) is 26.5 Å². The molecule has 0 aliphatic carbocycles. The lowest BCUT2D eigenvalue weighted by molar-refractivity contribution is -0.131. The van der Waals surface area contributed by atoms with Crippen molar-refractivity contribution in [3.63, 3.8) is 0 Å². The number of amides is 1. The fraction of sp³-hybridized carbons (Fsp3) is 0.500. The average molecular weight is 377 g/mol. The maximum Gasteiger partial charge on any atom is 0.277 e. The highest BCUT2D eigenvalue weighted by Gasteiger charge is 2.23. The van der Waals surface area contributed by atoms with Crippen molar-refractivity contribution in [1.82, 2.24) is 15.1 Å². The molecule has 8 heteroatoms. The quantitative estimate of drug-likeness (QED) is 0.715. The highest BCUT2D eigenvalue weighted by molar-refractivity contribution is 7.99. The van der Waals surface area contributed by atoms with Crippen LogP contribution in [0.25, 0.3) is 11.5 Å². The Labute approximate surface area is 157 Å². The zero-order chi connectivity index (χ0) is 18.5. The molecule has 140 valence electrons. The van der Waals surface area contributed by atoms with Crippen LogP contribution in [0, 0.1) is 0 Å². The molecule has 0 radical (unpaired) electrons. The maximum atomic E-state index is 12.4. The maximum absolute atomic E-state index is 12.4. The third-order valence-corrected chi connectivity index (χ3v) is 5.25. The summed E-state index contributed by atoms with van der Waals surface area (Å²) in [6.45, 7) is 2.93. The lowest BCUT2D eigenvalue weighted by Gasteiger charge is -2.33. The van der Waals surface area contributed by atoms with E-state index in [1.54, 1.807) is 32.4 Å². The molecule has 0 N–H and O–H groups in total. The van der Waals surface area contributed by atoms with Crippen LogP contribution in [-0.4, -0.2) is 53.6 Å². The Morgan fingerprint density at radius 1 is 1.23 bits per heavy atom. The molecular weight excluding hydrogens is 354 g/mol. The van der Waals surface area contributed by atoms with E-state index in [1.807, 2.05) is 4.90 Å². The van der Waals surface area contributed by atoms with Gasteiger partial charge in [-0.15, -0.1) is 10.2 Å². The standard InChI is InChI=1S/C18H23N3O4S/c1-12-6-4-5-7-21(12)16(22)11-26-18-20-19-17(25-18)13-8-14(23-2)10-15(9-13)24-3/h8-10,12H,4-7,11H2,1-3H3. The van der Waals surface area contributed by atoms with E-state index in [9.17, 15) is 4.79 Å². The minimum atomic E-state index is 0.116. The van der Waals surface area contributed by atoms with Crippen LogP contribution in [0.4, 0.5) is 0 Å². The van der Waals surface area contributed by atoms with Gasteiger partial charge in [-0.3, -0.25) is 4.79 Å². The van der Waals surface area contributed by atoms with Gasteiger partial charge in [-0.25, -0.2) is 0 Å². The molecule has 1 saturated heterocycles. The second-order valence-corrected chi connectivity index (χ2v) is 7.12. The largest absolute Gasteiger partial charge is 0.497 e. The molecule has 7 nitrogen and oxygen atoms in total. The van der Waals surface area contributed by atoms with Crippen molar-refractivity contribution in [3.05, 3.63) is 18.2 Å². The smallest absolute Gasteiger partial charge is 0.277 e. The van der Waals surface area contributed by atoms with Crippen molar-refractivity contribution in [3.8, 4) is 23.0 Å². The van der Waals surface area contributed by atoms with Gasteiger partial charge in [0.1, 0.15) is 11.5 Å². The fourth-order valence-electron chi connectivity index (χ4n) is 2.99. The Hall–Kier alpha value is -2.22. The average Bonchev–Trinajstić information content (AvgIpc) is 3.15. The number of aromatic nitrogens is 2. The van der Waals surface area contributed by atoms with Crippen LogP contribution < -0.4 is 9.47 Å². The predicted octanol–water partition coefficient (Wildman–Crippen LogP) is 3.25. The van der Waals surface area contributed by atoms with Crippen LogP contribution >= 0.6 is 11.8 Å². The molecule has 2 heterocycles. The summed E-state index contributed by atoms with van der Waals surface area (Å²) < 4.78 is 16.2. The lowest BCUT2D eigenvalue weighted by atomic mass is 10.0. The molecule has 0 bridgehead atoms. The molecule has 3 rings (SSSR count). The molecule has 0 spiro atoms. The summed E-state index contributed by atoms with van der Waals surface area (Å²) in [5.74, 6) is 2.06. The van der Waals surface area contributed by atoms with Crippen molar-refractivity contribution in [1.29, 1.82) is 0 Å². The Balaban J connectivity index is 1.65. The van der Waals surface area contributed by atoms with Gasteiger partial charge in [0.2, 0.25) is 11.8 Å². The SMILES string of the molecule is COc1cc(OC)cc(-c2nnc(SCC(=O)N3CCCCC3C)o2)c1. The van der Waals surface area contributed by atoms with E-state index in [0.717, 1.165) is 19.4 Å². The van der Waals surface area contributed by atoms with E-state index in [-0.39, 0.29) is 5.91 Å². The zero-order valence-electron chi connectivity index (χ0n) is 15.2. The van der Waals surface area contributed by atoms with Crippen LogP contribution in [0.2, 0.25) is 0 Å². The molecule has 1 amide bonds. The number of carbonyl (C=O) groups is 1. The summed E-state index contributed by atoms with van der Waals surface area (Å²) in [6, 6.07) is 5.67. The van der Waals surface area contributed by atoms with Gasteiger partial charge in [0.15, 0.2) is 0 Å². The van der Waals surface area contributed by atoms with Gasteiger partial charge in [-0.05, 0) is 38.3 Å². The zero-order valence-corrected chi connectivity index (χ0v) is 16.0. The van der Waals surface area contributed by atoms with Crippen LogP contribution in [0.1, 0.15) is 26.2 Å². The number of ether oxygens (including phenoxy) is 2. The molecule has 1 atom stereocenters. The van der Waals surface area contributed by atoms with Crippen LogP contribution in [0.3, 0.4) is 0 Å². The Bertz CT molecular complexity index is 742. The summed E-state index contributed by atoms with van der Waals surface area (Å²) in [6.07, 6.45) is 3.33. The first-order valence-corrected chi connectivity index (χ1v) is 9.58. The Kier molecular flexibility index (Phi) is 6.03. The molecule has 1 aromatic heterocycles. The van der Waals surface area contributed by atoms with Gasteiger partial charge in [-0.2, -0.15) is 0 Å². The number of benzene rings is 1. The van der Waals surface area contributed by atoms with Crippen molar-refractivity contribution in [2.45, 2.75) is 37.5 Å². The Morgan fingerprint density at radius 3 is 2.62 bits per heavy atom. The van der Waals surface area contributed by atoms with Gasteiger partial charge in [0, 0.05) is 24.2 Å². The normalized spacial score (nSPS) is 17.2. The summed E-state index contributed by atoms with van der Waals surface area (Å²) in [5.41, 5.74) is 0.705. The van der Waals surface area contributed by atoms with E-state index >= 15 is 0 Å². The Morgan fingerprint density at radius 2 is 1.96 bits per heavy atom. The lowest BCUT2D eigenvalue weighted by Crippen LogP contribution is -2.42. The molecular formula is C18H23N3O4S. The summed E-state index contributed by atoms with van der Waals surface area (Å²) in [5, 5.41) is 8.48. The number of piperidine rings is 1. The number of rotatable bonds is 6. The molecule has 1 aromatic carbocycles. The van der Waals surface area contributed by atoms with E-state index in [1.165, 1.54) is 18.2 Å². The molecule has 1 aliphatic heterocycles. The highest BCUT2D eigenvalue weighted by Crippen LogP contribution is 2.30. The van der Waals surface area contributed by atoms with Gasteiger partial charge >= 0.3 is 0 Å². The first-order chi connectivity index (χ1) is 12.6. The predicted molar refractivity (Wildman–Crippen MR) is 98.6 cm³/mol. The number of hydrogen-bond acceptors (Lipinski definition) is 7. The molecule has 1 fully saturated rings. The van der Waals surface area contributed by atoms with E-state index < -0.39 is 0 Å². The first-order valence-electron chi connectivity index (χ1n) is 8.60. The van der Waals surface area contributed by atoms with Gasteiger partial charge in [-0.1, -0.05) is 11.8 Å². The van der Waals surface area contributed by atoms with Crippen LogP contribution in [0.15, 0.2) is 27.8 Å². The minimum absolute atomic E-state index is 0.116. The van der Waals surface area contributed by atoms with Gasteiger partial charge in [0.05, 0.1) is 20.0 Å². The second-order valence-electron chi connectivity index (χ2n) is 6.20. The molecule has 1 unspecified atom stereocenters. The number of carbonyl (C=O) groups excluding carboxylic acids is 1. The van der Waals surface area contributed by atoms with E-state index in [0.29, 0.717) is 40.0 Å². The number of methoxy groups -OCH3 is 2. The molecule has 0 saturated carbocycles. The number of likely N-dealkylation sites (tertiary alicyclic amines) is 1. The van der Waals surface area contributed by atoms with E-state index in [4.69, 9.17) is 13.9 Å². The van der Waals surface area contributed by atoms with Gasteiger partial charge in [0.25, 0.3) is 5.22 Å². The second kappa shape index (κ2) is 8.44. The monoisotopic (exact) mass is 377 g/mol.